The molecule has 2 heterocycles. The summed E-state index contributed by atoms with van der Waals surface area (Å²) < 4.78 is 5.34. The lowest BCUT2D eigenvalue weighted by atomic mass is 10.4. The Morgan fingerprint density at radius 1 is 1.46 bits per heavy atom. The molecule has 0 saturated heterocycles. The highest BCUT2D eigenvalue weighted by Gasteiger charge is 2.08. The van der Waals surface area contributed by atoms with E-state index in [1.807, 2.05) is 0 Å². The molecule has 0 bridgehead atoms. The number of nitrogens with two attached hydrogens (primary N) is 1. The van der Waals surface area contributed by atoms with Crippen LogP contribution in [0.2, 0.25) is 0 Å². The van der Waals surface area contributed by atoms with Gasteiger partial charge in [-0.25, -0.2) is 0 Å². The van der Waals surface area contributed by atoms with E-state index in [0.29, 0.717) is 24.7 Å². The molecule has 0 fully saturated rings. The summed E-state index contributed by atoms with van der Waals surface area (Å²) in [5, 5.41) is 7.72. The first-order valence-electron chi connectivity index (χ1n) is 3.81. The van der Waals surface area contributed by atoms with Crippen LogP contribution in [0.1, 0.15) is 5.89 Å². The van der Waals surface area contributed by atoms with E-state index in [0.717, 1.165) is 4.88 Å². The Hall–Kier alpha value is -1.27. The van der Waals surface area contributed by atoms with E-state index in [2.05, 4.69) is 15.2 Å². The van der Waals surface area contributed by atoms with Crippen molar-refractivity contribution in [3.8, 4) is 10.8 Å². The van der Waals surface area contributed by atoms with E-state index < -0.39 is 0 Å². The first-order valence-corrected chi connectivity index (χ1v) is 4.69. The molecular formula is C7H8N4OS. The average Bonchev–Trinajstić information content (AvgIpc) is 2.70. The largest absolute Gasteiger partial charge is 0.420 e. The highest BCUT2D eigenvalue weighted by atomic mass is 32.1. The van der Waals surface area contributed by atoms with Crippen LogP contribution in [0.3, 0.4) is 0 Å². The highest BCUT2D eigenvalue weighted by molar-refractivity contribution is 7.13. The number of hydrogen-bond acceptors (Lipinski definition) is 6. The van der Waals surface area contributed by atoms with Crippen LogP contribution in [0, 0.1) is 0 Å². The zero-order valence-corrected chi connectivity index (χ0v) is 7.62. The molecule has 2 aromatic heterocycles. The molecule has 0 aliphatic rings. The first-order chi connectivity index (χ1) is 6.40. The van der Waals surface area contributed by atoms with Crippen molar-refractivity contribution in [3.05, 3.63) is 17.6 Å². The van der Waals surface area contributed by atoms with Crippen LogP contribution in [0.25, 0.3) is 10.8 Å². The van der Waals surface area contributed by atoms with Gasteiger partial charge in [-0.3, -0.25) is 4.98 Å². The molecule has 2 rings (SSSR count). The molecule has 0 unspecified atom stereocenters. The Bertz CT molecular complexity index is 370. The maximum absolute atomic E-state index is 5.35. The van der Waals surface area contributed by atoms with E-state index in [4.69, 9.17) is 10.2 Å². The second-order valence-electron chi connectivity index (χ2n) is 2.41. The van der Waals surface area contributed by atoms with Gasteiger partial charge < -0.3 is 10.2 Å². The van der Waals surface area contributed by atoms with Gasteiger partial charge in [0.2, 0.25) is 5.89 Å². The fourth-order valence-corrected chi connectivity index (χ4v) is 1.44. The predicted octanol–water partition coefficient (Wildman–Crippen LogP) is 0.694. The molecule has 0 spiro atoms. The smallest absolute Gasteiger partial charge is 0.259 e. The molecule has 0 saturated carbocycles. The zero-order valence-electron chi connectivity index (χ0n) is 6.80. The standard InChI is InChI=1S/C7H8N4OS/c8-2-1-6-10-11-7(12-6)5-3-9-4-13-5/h3-4H,1-2,8H2. The Labute approximate surface area is 78.6 Å². The molecule has 0 aliphatic heterocycles. The summed E-state index contributed by atoms with van der Waals surface area (Å²) in [5.74, 6) is 1.09. The summed E-state index contributed by atoms with van der Waals surface area (Å²) in [6.07, 6.45) is 2.32. The summed E-state index contributed by atoms with van der Waals surface area (Å²) in [7, 11) is 0. The van der Waals surface area contributed by atoms with E-state index in [1.165, 1.54) is 11.3 Å². The molecule has 0 radical (unpaired) electrons. The molecule has 5 nitrogen and oxygen atoms in total. The third kappa shape index (κ3) is 1.73. The summed E-state index contributed by atoms with van der Waals surface area (Å²) in [5.41, 5.74) is 7.08. The SMILES string of the molecule is NCCc1nnc(-c2cncs2)o1. The lowest BCUT2D eigenvalue weighted by Crippen LogP contribution is -2.02. The van der Waals surface area contributed by atoms with Crippen molar-refractivity contribution in [2.75, 3.05) is 6.54 Å². The van der Waals surface area contributed by atoms with E-state index in [9.17, 15) is 0 Å². The Balaban J connectivity index is 2.23. The molecule has 0 amide bonds. The lowest BCUT2D eigenvalue weighted by Gasteiger charge is -1.86. The molecule has 13 heavy (non-hydrogen) atoms. The summed E-state index contributed by atoms with van der Waals surface area (Å²) in [4.78, 5) is 4.80. The van der Waals surface area contributed by atoms with Gasteiger partial charge in [-0.15, -0.1) is 21.5 Å². The van der Waals surface area contributed by atoms with Gasteiger partial charge in [-0.1, -0.05) is 0 Å². The van der Waals surface area contributed by atoms with Crippen molar-refractivity contribution < 1.29 is 4.42 Å². The molecule has 0 aliphatic carbocycles. The molecular weight excluding hydrogens is 188 g/mol. The predicted molar refractivity (Wildman–Crippen MR) is 48.2 cm³/mol. The molecule has 2 aromatic rings. The Kier molecular flexibility index (Phi) is 2.33. The number of hydrogen-bond donors (Lipinski definition) is 1. The van der Waals surface area contributed by atoms with Crippen LogP contribution in [0.4, 0.5) is 0 Å². The minimum absolute atomic E-state index is 0.518. The second-order valence-corrected chi connectivity index (χ2v) is 3.29. The lowest BCUT2D eigenvalue weighted by molar-refractivity contribution is 0.508. The topological polar surface area (TPSA) is 77.8 Å². The van der Waals surface area contributed by atoms with Crippen LogP contribution in [0.5, 0.6) is 0 Å². The summed E-state index contributed by atoms with van der Waals surface area (Å²) >= 11 is 1.47. The third-order valence-electron chi connectivity index (χ3n) is 1.47. The maximum atomic E-state index is 5.35. The second kappa shape index (κ2) is 3.63. The number of nitrogens with zero attached hydrogens (tertiary/aromatic N) is 3. The van der Waals surface area contributed by atoms with Crippen molar-refractivity contribution in [2.24, 2.45) is 5.73 Å². The number of thiazole rings is 1. The van der Waals surface area contributed by atoms with Crippen LogP contribution >= 0.6 is 11.3 Å². The third-order valence-corrected chi connectivity index (χ3v) is 2.23. The fourth-order valence-electron chi connectivity index (χ4n) is 0.899. The van der Waals surface area contributed by atoms with E-state index in [-0.39, 0.29) is 0 Å². The van der Waals surface area contributed by atoms with Gasteiger partial charge in [0, 0.05) is 13.0 Å². The van der Waals surface area contributed by atoms with Gasteiger partial charge in [0.1, 0.15) is 4.88 Å². The maximum Gasteiger partial charge on any atom is 0.259 e. The normalized spacial score (nSPS) is 10.5. The highest BCUT2D eigenvalue weighted by Crippen LogP contribution is 2.21. The molecule has 68 valence electrons. The van der Waals surface area contributed by atoms with Gasteiger partial charge in [0.25, 0.3) is 5.89 Å². The van der Waals surface area contributed by atoms with Crippen molar-refractivity contribution >= 4 is 11.3 Å². The van der Waals surface area contributed by atoms with Crippen LogP contribution in [0.15, 0.2) is 16.1 Å². The molecule has 6 heteroatoms. The van der Waals surface area contributed by atoms with E-state index in [1.54, 1.807) is 11.7 Å². The van der Waals surface area contributed by atoms with Gasteiger partial charge in [0.15, 0.2) is 0 Å². The summed E-state index contributed by atoms with van der Waals surface area (Å²) in [6.45, 7) is 0.518. The van der Waals surface area contributed by atoms with Crippen molar-refractivity contribution in [1.29, 1.82) is 0 Å². The number of aromatic nitrogens is 3. The molecule has 0 aromatic carbocycles. The van der Waals surface area contributed by atoms with Gasteiger partial charge in [-0.05, 0) is 0 Å². The minimum atomic E-state index is 0.518. The van der Waals surface area contributed by atoms with Gasteiger partial charge >= 0.3 is 0 Å². The molecule has 0 atom stereocenters. The Morgan fingerprint density at radius 3 is 3.08 bits per heavy atom. The van der Waals surface area contributed by atoms with Crippen molar-refractivity contribution in [1.82, 2.24) is 15.2 Å². The van der Waals surface area contributed by atoms with E-state index >= 15 is 0 Å². The van der Waals surface area contributed by atoms with Crippen molar-refractivity contribution in [3.63, 3.8) is 0 Å². The monoisotopic (exact) mass is 196 g/mol. The Morgan fingerprint density at radius 2 is 2.38 bits per heavy atom. The summed E-state index contributed by atoms with van der Waals surface area (Å²) in [6, 6.07) is 0. The quantitative estimate of drug-likeness (QED) is 0.781. The van der Waals surface area contributed by atoms with Crippen LogP contribution < -0.4 is 5.73 Å². The van der Waals surface area contributed by atoms with Crippen LogP contribution in [-0.2, 0) is 6.42 Å². The van der Waals surface area contributed by atoms with Gasteiger partial charge in [0.05, 0.1) is 11.7 Å². The first kappa shape index (κ1) is 8.33. The number of rotatable bonds is 3. The zero-order chi connectivity index (χ0) is 9.10. The van der Waals surface area contributed by atoms with Crippen LogP contribution in [-0.4, -0.2) is 21.7 Å². The average molecular weight is 196 g/mol. The minimum Gasteiger partial charge on any atom is -0.420 e. The van der Waals surface area contributed by atoms with Gasteiger partial charge in [-0.2, -0.15) is 0 Å². The molecule has 2 N–H and O–H groups in total. The fraction of sp³-hybridized carbons (Fsp3) is 0.286. The van der Waals surface area contributed by atoms with Crippen molar-refractivity contribution in [2.45, 2.75) is 6.42 Å².